The van der Waals surface area contributed by atoms with Crippen molar-refractivity contribution in [2.24, 2.45) is 0 Å². The molecule has 1 fully saturated rings. The molecule has 1 heterocycles. The maximum absolute atomic E-state index is 12.2. The minimum atomic E-state index is 0. The first-order valence-electron chi connectivity index (χ1n) is 7.64. The van der Waals surface area contributed by atoms with Crippen molar-refractivity contribution < 1.29 is 9.53 Å². The molecule has 2 rings (SSSR count). The van der Waals surface area contributed by atoms with E-state index in [9.17, 15) is 4.79 Å². The molecule has 22 heavy (non-hydrogen) atoms. The summed E-state index contributed by atoms with van der Waals surface area (Å²) in [5.41, 5.74) is 0.745. The molecule has 1 saturated heterocycles. The van der Waals surface area contributed by atoms with Gasteiger partial charge in [0.05, 0.1) is 18.8 Å². The fourth-order valence-corrected chi connectivity index (χ4v) is 2.62. The molecule has 2 N–H and O–H groups in total. The zero-order valence-electron chi connectivity index (χ0n) is 13.3. The molecule has 1 aliphatic heterocycles. The van der Waals surface area contributed by atoms with Crippen LogP contribution in [0.25, 0.3) is 0 Å². The van der Waals surface area contributed by atoms with E-state index >= 15 is 0 Å². The number of nitrogens with one attached hydrogen (secondary N) is 2. The van der Waals surface area contributed by atoms with Crippen molar-refractivity contribution >= 4 is 24.0 Å². The van der Waals surface area contributed by atoms with Crippen LogP contribution in [-0.2, 0) is 4.79 Å². The molecule has 1 aromatic rings. The molecule has 0 aromatic heterocycles. The first-order valence-corrected chi connectivity index (χ1v) is 7.64. The SMILES string of the molecule is CCOc1ccccc1NC(=O)CN1CCC(NC)CC1.Cl. The van der Waals surface area contributed by atoms with Crippen LogP contribution >= 0.6 is 12.4 Å². The zero-order chi connectivity index (χ0) is 15.1. The molecular formula is C16H26ClN3O2. The summed E-state index contributed by atoms with van der Waals surface area (Å²) >= 11 is 0. The number of para-hydroxylation sites is 2. The highest BCUT2D eigenvalue weighted by Crippen LogP contribution is 2.23. The van der Waals surface area contributed by atoms with Gasteiger partial charge in [0.1, 0.15) is 5.75 Å². The second-order valence-electron chi connectivity index (χ2n) is 5.32. The molecule has 0 radical (unpaired) electrons. The number of nitrogens with zero attached hydrogens (tertiary/aromatic N) is 1. The molecule has 0 bridgehead atoms. The van der Waals surface area contributed by atoms with Gasteiger partial charge in [-0.2, -0.15) is 0 Å². The van der Waals surface area contributed by atoms with Gasteiger partial charge in [-0.1, -0.05) is 12.1 Å². The van der Waals surface area contributed by atoms with Crippen LogP contribution in [0, 0.1) is 0 Å². The third kappa shape index (κ3) is 5.48. The van der Waals surface area contributed by atoms with Crippen molar-refractivity contribution in [3.63, 3.8) is 0 Å². The number of rotatable bonds is 6. The minimum Gasteiger partial charge on any atom is -0.492 e. The lowest BCUT2D eigenvalue weighted by Crippen LogP contribution is -2.44. The van der Waals surface area contributed by atoms with Gasteiger partial charge in [0.2, 0.25) is 5.91 Å². The fraction of sp³-hybridized carbons (Fsp3) is 0.562. The topological polar surface area (TPSA) is 53.6 Å². The van der Waals surface area contributed by atoms with E-state index in [4.69, 9.17) is 4.74 Å². The monoisotopic (exact) mass is 327 g/mol. The van der Waals surface area contributed by atoms with Gasteiger partial charge in [0.25, 0.3) is 0 Å². The van der Waals surface area contributed by atoms with Crippen LogP contribution < -0.4 is 15.4 Å². The van der Waals surface area contributed by atoms with E-state index in [1.54, 1.807) is 0 Å². The van der Waals surface area contributed by atoms with Gasteiger partial charge in [-0.05, 0) is 38.9 Å². The van der Waals surface area contributed by atoms with Crippen molar-refractivity contribution in [1.82, 2.24) is 10.2 Å². The van der Waals surface area contributed by atoms with Crippen LogP contribution in [0.2, 0.25) is 0 Å². The second kappa shape index (κ2) is 9.66. The van der Waals surface area contributed by atoms with Crippen molar-refractivity contribution in [3.05, 3.63) is 24.3 Å². The number of ether oxygens (including phenoxy) is 1. The lowest BCUT2D eigenvalue weighted by molar-refractivity contribution is -0.117. The average molecular weight is 328 g/mol. The number of piperidine rings is 1. The Hall–Kier alpha value is -1.30. The molecule has 124 valence electrons. The third-order valence-electron chi connectivity index (χ3n) is 3.82. The molecule has 0 unspecified atom stereocenters. The van der Waals surface area contributed by atoms with Gasteiger partial charge in [0, 0.05) is 19.1 Å². The summed E-state index contributed by atoms with van der Waals surface area (Å²) in [6.07, 6.45) is 2.19. The molecule has 5 nitrogen and oxygen atoms in total. The van der Waals surface area contributed by atoms with E-state index in [-0.39, 0.29) is 18.3 Å². The fourth-order valence-electron chi connectivity index (χ4n) is 2.62. The van der Waals surface area contributed by atoms with Crippen LogP contribution in [0.5, 0.6) is 5.75 Å². The molecule has 0 saturated carbocycles. The summed E-state index contributed by atoms with van der Waals surface area (Å²) < 4.78 is 5.52. The quantitative estimate of drug-likeness (QED) is 0.840. The van der Waals surface area contributed by atoms with Crippen LogP contribution in [0.4, 0.5) is 5.69 Å². The molecule has 6 heteroatoms. The third-order valence-corrected chi connectivity index (χ3v) is 3.82. The first kappa shape index (κ1) is 18.7. The normalized spacial score (nSPS) is 15.9. The number of carbonyl (C=O) groups is 1. The van der Waals surface area contributed by atoms with E-state index in [2.05, 4.69) is 15.5 Å². The Labute approximate surface area is 138 Å². The highest BCUT2D eigenvalue weighted by Gasteiger charge is 2.19. The largest absolute Gasteiger partial charge is 0.492 e. The highest BCUT2D eigenvalue weighted by atomic mass is 35.5. The Morgan fingerprint density at radius 3 is 2.64 bits per heavy atom. The van der Waals surface area contributed by atoms with Gasteiger partial charge >= 0.3 is 0 Å². The zero-order valence-corrected chi connectivity index (χ0v) is 14.1. The predicted octanol–water partition coefficient (Wildman–Crippen LogP) is 2.13. The summed E-state index contributed by atoms with van der Waals surface area (Å²) in [5, 5.41) is 6.24. The molecule has 0 atom stereocenters. The van der Waals surface area contributed by atoms with Gasteiger partial charge in [0.15, 0.2) is 0 Å². The van der Waals surface area contributed by atoms with E-state index in [1.165, 1.54) is 0 Å². The lowest BCUT2D eigenvalue weighted by atomic mass is 10.1. The van der Waals surface area contributed by atoms with Gasteiger partial charge in [-0.3, -0.25) is 9.69 Å². The number of amides is 1. The summed E-state index contributed by atoms with van der Waals surface area (Å²) in [6.45, 7) is 4.89. The number of hydrogen-bond acceptors (Lipinski definition) is 4. The molecule has 1 amide bonds. The molecule has 0 aliphatic carbocycles. The van der Waals surface area contributed by atoms with E-state index in [1.807, 2.05) is 38.2 Å². The Bertz CT molecular complexity index is 462. The van der Waals surface area contributed by atoms with Crippen molar-refractivity contribution in [1.29, 1.82) is 0 Å². The minimum absolute atomic E-state index is 0. The number of anilines is 1. The van der Waals surface area contributed by atoms with E-state index in [0.717, 1.165) is 37.4 Å². The Balaban J connectivity index is 0.00000242. The summed E-state index contributed by atoms with van der Waals surface area (Å²) in [6, 6.07) is 8.14. The molecule has 1 aromatic carbocycles. The Morgan fingerprint density at radius 1 is 1.32 bits per heavy atom. The summed E-state index contributed by atoms with van der Waals surface area (Å²) in [7, 11) is 2.00. The summed E-state index contributed by atoms with van der Waals surface area (Å²) in [5.74, 6) is 0.743. The van der Waals surface area contributed by atoms with Crippen molar-refractivity contribution in [2.45, 2.75) is 25.8 Å². The number of likely N-dealkylation sites (tertiary alicyclic amines) is 1. The van der Waals surface area contributed by atoms with Crippen LogP contribution in [0.15, 0.2) is 24.3 Å². The highest BCUT2D eigenvalue weighted by molar-refractivity contribution is 5.93. The van der Waals surface area contributed by atoms with Crippen LogP contribution in [0.3, 0.4) is 0 Å². The lowest BCUT2D eigenvalue weighted by Gasteiger charge is -2.31. The van der Waals surface area contributed by atoms with Crippen molar-refractivity contribution in [3.8, 4) is 5.75 Å². The van der Waals surface area contributed by atoms with Gasteiger partial charge in [-0.15, -0.1) is 12.4 Å². The molecule has 0 spiro atoms. The standard InChI is InChI=1S/C16H25N3O2.ClH/c1-3-21-15-7-5-4-6-14(15)18-16(20)12-19-10-8-13(17-2)9-11-19;/h4-7,13,17H,3,8-12H2,1-2H3,(H,18,20);1H. The van der Waals surface area contributed by atoms with Crippen molar-refractivity contribution in [2.75, 3.05) is 38.6 Å². The smallest absolute Gasteiger partial charge is 0.238 e. The van der Waals surface area contributed by atoms with E-state index in [0.29, 0.717) is 19.2 Å². The number of hydrogen-bond donors (Lipinski definition) is 2. The second-order valence-corrected chi connectivity index (χ2v) is 5.32. The average Bonchev–Trinajstić information content (AvgIpc) is 2.50. The van der Waals surface area contributed by atoms with Crippen LogP contribution in [0.1, 0.15) is 19.8 Å². The molecule has 1 aliphatic rings. The maximum Gasteiger partial charge on any atom is 0.238 e. The molecular weight excluding hydrogens is 302 g/mol. The Kier molecular flexibility index (Phi) is 8.24. The number of benzene rings is 1. The summed E-state index contributed by atoms with van der Waals surface area (Å²) in [4.78, 5) is 14.4. The first-order chi connectivity index (χ1) is 10.2. The van der Waals surface area contributed by atoms with Gasteiger partial charge < -0.3 is 15.4 Å². The Morgan fingerprint density at radius 2 is 2.00 bits per heavy atom. The number of halogens is 1. The number of carbonyl (C=O) groups excluding carboxylic acids is 1. The maximum atomic E-state index is 12.2. The van der Waals surface area contributed by atoms with Gasteiger partial charge in [-0.25, -0.2) is 0 Å². The predicted molar refractivity (Wildman–Crippen MR) is 92.0 cm³/mol. The van der Waals surface area contributed by atoms with E-state index < -0.39 is 0 Å². The van der Waals surface area contributed by atoms with Crippen LogP contribution in [-0.4, -0.2) is 50.1 Å².